The van der Waals surface area contributed by atoms with Crippen molar-refractivity contribution in [1.29, 1.82) is 0 Å². The van der Waals surface area contributed by atoms with Gasteiger partial charge < -0.3 is 5.32 Å². The lowest BCUT2D eigenvalue weighted by Crippen LogP contribution is -2.30. The van der Waals surface area contributed by atoms with Gasteiger partial charge in [0.15, 0.2) is 0 Å². The topological polar surface area (TPSA) is 75.3 Å². The molecule has 1 fully saturated rings. The van der Waals surface area contributed by atoms with Gasteiger partial charge in [-0.2, -0.15) is 0 Å². The summed E-state index contributed by atoms with van der Waals surface area (Å²) >= 11 is 0. The fraction of sp³-hybridized carbons (Fsp3) is 0.435. The van der Waals surface area contributed by atoms with E-state index in [2.05, 4.69) is 22.2 Å². The van der Waals surface area contributed by atoms with E-state index in [9.17, 15) is 13.2 Å². The Hall–Kier alpha value is -2.34. The van der Waals surface area contributed by atoms with E-state index in [0.29, 0.717) is 17.2 Å². The van der Waals surface area contributed by atoms with E-state index in [0.717, 1.165) is 23.8 Å². The Morgan fingerprint density at radius 3 is 2.41 bits per heavy atom. The van der Waals surface area contributed by atoms with E-state index in [1.54, 1.807) is 18.2 Å². The molecule has 0 bridgehead atoms. The summed E-state index contributed by atoms with van der Waals surface area (Å²) in [6.07, 6.45) is 8.29. The first-order valence-corrected chi connectivity index (χ1v) is 12.2. The minimum atomic E-state index is -3.41. The van der Waals surface area contributed by atoms with Gasteiger partial charge in [-0.15, -0.1) is 0 Å². The van der Waals surface area contributed by atoms with Crippen LogP contribution in [-0.4, -0.2) is 20.6 Å². The van der Waals surface area contributed by atoms with Crippen LogP contribution in [0.15, 0.2) is 48.5 Å². The highest BCUT2D eigenvalue weighted by Crippen LogP contribution is 2.32. The molecule has 0 aromatic heterocycles. The van der Waals surface area contributed by atoms with Gasteiger partial charge in [-0.05, 0) is 42.5 Å². The molecule has 1 unspecified atom stereocenters. The van der Waals surface area contributed by atoms with Crippen LogP contribution in [0.1, 0.15) is 66.1 Å². The van der Waals surface area contributed by atoms with Crippen molar-refractivity contribution in [2.45, 2.75) is 51.5 Å². The summed E-state index contributed by atoms with van der Waals surface area (Å²) in [6.45, 7) is 1.81. The zero-order valence-electron chi connectivity index (χ0n) is 17.1. The Morgan fingerprint density at radius 1 is 1.07 bits per heavy atom. The maximum atomic E-state index is 13.0. The van der Waals surface area contributed by atoms with Crippen molar-refractivity contribution >= 4 is 21.6 Å². The number of aryl methyl sites for hydroxylation is 1. The van der Waals surface area contributed by atoms with Crippen molar-refractivity contribution in [3.05, 3.63) is 65.2 Å². The number of hydrogen-bond acceptors (Lipinski definition) is 3. The molecule has 0 aliphatic heterocycles. The summed E-state index contributed by atoms with van der Waals surface area (Å²) in [6, 6.07) is 15.1. The van der Waals surface area contributed by atoms with E-state index >= 15 is 0 Å². The smallest absolute Gasteiger partial charge is 0.251 e. The van der Waals surface area contributed by atoms with E-state index in [1.807, 2.05) is 25.1 Å². The molecule has 1 saturated carbocycles. The number of nitrogens with one attached hydrogen (secondary N) is 2. The molecule has 1 amide bonds. The van der Waals surface area contributed by atoms with Crippen LogP contribution in [0, 0.1) is 12.8 Å². The van der Waals surface area contributed by atoms with Gasteiger partial charge in [0.05, 0.1) is 18.0 Å². The Morgan fingerprint density at radius 2 is 1.76 bits per heavy atom. The molecule has 2 N–H and O–H groups in total. The van der Waals surface area contributed by atoms with E-state index in [-0.39, 0.29) is 11.9 Å². The van der Waals surface area contributed by atoms with Crippen LogP contribution in [0.25, 0.3) is 0 Å². The average Bonchev–Trinajstić information content (AvgIpc) is 2.69. The molecule has 1 aliphatic carbocycles. The van der Waals surface area contributed by atoms with Crippen molar-refractivity contribution in [1.82, 2.24) is 5.32 Å². The van der Waals surface area contributed by atoms with Crippen LogP contribution in [0.2, 0.25) is 0 Å². The number of hydrogen-bond donors (Lipinski definition) is 2. The van der Waals surface area contributed by atoms with Crippen molar-refractivity contribution in [3.63, 3.8) is 0 Å². The third-order valence-corrected chi connectivity index (χ3v) is 6.19. The summed E-state index contributed by atoms with van der Waals surface area (Å²) in [4.78, 5) is 13.0. The van der Waals surface area contributed by atoms with Crippen LogP contribution in [0.5, 0.6) is 0 Å². The lowest BCUT2D eigenvalue weighted by molar-refractivity contribution is 0.0928. The van der Waals surface area contributed by atoms with Gasteiger partial charge in [-0.3, -0.25) is 9.52 Å². The number of carbonyl (C=O) groups excluding carboxylic acids is 1. The van der Waals surface area contributed by atoms with Crippen LogP contribution >= 0.6 is 0 Å². The monoisotopic (exact) mass is 414 g/mol. The molecule has 0 radical (unpaired) electrons. The van der Waals surface area contributed by atoms with E-state index < -0.39 is 10.0 Å². The minimum absolute atomic E-state index is 0.0561. The lowest BCUT2D eigenvalue weighted by Gasteiger charge is -2.27. The van der Waals surface area contributed by atoms with E-state index in [4.69, 9.17) is 0 Å². The van der Waals surface area contributed by atoms with Gasteiger partial charge >= 0.3 is 0 Å². The predicted octanol–water partition coefficient (Wildman–Crippen LogP) is 4.81. The number of sulfonamides is 1. The first-order chi connectivity index (χ1) is 13.8. The Balaban J connectivity index is 1.79. The fourth-order valence-corrected chi connectivity index (χ4v) is 4.65. The molecule has 1 atom stereocenters. The maximum Gasteiger partial charge on any atom is 0.251 e. The first kappa shape index (κ1) is 21.4. The quantitative estimate of drug-likeness (QED) is 0.683. The van der Waals surface area contributed by atoms with E-state index in [1.165, 1.54) is 32.1 Å². The van der Waals surface area contributed by atoms with Crippen molar-refractivity contribution < 1.29 is 13.2 Å². The Bertz CT molecular complexity index is 936. The molecular weight excluding hydrogens is 384 g/mol. The summed E-state index contributed by atoms with van der Waals surface area (Å²) < 4.78 is 25.7. The number of carbonyl (C=O) groups is 1. The Labute approximate surface area is 174 Å². The Kier molecular flexibility index (Phi) is 6.96. The molecule has 6 heteroatoms. The molecule has 156 valence electrons. The third-order valence-electron chi connectivity index (χ3n) is 5.60. The molecule has 2 aromatic carbocycles. The molecule has 0 saturated heterocycles. The van der Waals surface area contributed by atoms with Crippen molar-refractivity contribution in [2.75, 3.05) is 11.0 Å². The highest BCUT2D eigenvalue weighted by molar-refractivity contribution is 7.92. The number of rotatable bonds is 7. The minimum Gasteiger partial charge on any atom is -0.345 e. The fourth-order valence-electron chi connectivity index (χ4n) is 4.03. The van der Waals surface area contributed by atoms with Crippen LogP contribution in [0.4, 0.5) is 5.69 Å². The summed E-state index contributed by atoms with van der Waals surface area (Å²) in [7, 11) is -3.41. The highest BCUT2D eigenvalue weighted by Gasteiger charge is 2.22. The number of amides is 1. The van der Waals surface area contributed by atoms with Crippen molar-refractivity contribution in [2.24, 2.45) is 5.92 Å². The number of anilines is 1. The zero-order valence-corrected chi connectivity index (χ0v) is 18.0. The first-order valence-electron chi connectivity index (χ1n) is 10.3. The van der Waals surface area contributed by atoms with Crippen LogP contribution in [0.3, 0.4) is 0 Å². The third kappa shape index (κ3) is 6.32. The molecule has 5 nitrogen and oxygen atoms in total. The second kappa shape index (κ2) is 9.44. The molecule has 0 heterocycles. The van der Waals surface area contributed by atoms with Gasteiger partial charge in [-0.1, -0.05) is 68.5 Å². The maximum absolute atomic E-state index is 13.0. The van der Waals surface area contributed by atoms with Crippen LogP contribution < -0.4 is 10.0 Å². The number of benzene rings is 2. The standard InChI is InChI=1S/C23H30N2O3S/c1-17-13-14-20(16-21(17)25-29(2,27)28)23(26)24-22(19-11-7-4-8-12-19)15-18-9-5-3-6-10-18/h4,7-8,11-14,16,18,22,25H,3,5-6,9-10,15H2,1-2H3,(H,24,26). The van der Waals surface area contributed by atoms with Gasteiger partial charge in [-0.25, -0.2) is 8.42 Å². The second-order valence-electron chi connectivity index (χ2n) is 8.08. The molecule has 3 rings (SSSR count). The normalized spacial score (nSPS) is 16.2. The van der Waals surface area contributed by atoms with Crippen molar-refractivity contribution in [3.8, 4) is 0 Å². The van der Waals surface area contributed by atoms with Gasteiger partial charge in [0, 0.05) is 5.56 Å². The predicted molar refractivity (Wildman–Crippen MR) is 117 cm³/mol. The summed E-state index contributed by atoms with van der Waals surface area (Å²) in [5, 5.41) is 3.19. The molecular formula is C23H30N2O3S. The van der Waals surface area contributed by atoms with Crippen LogP contribution in [-0.2, 0) is 10.0 Å². The SMILES string of the molecule is Cc1ccc(C(=O)NC(CC2CCCCC2)c2ccccc2)cc1NS(C)(=O)=O. The lowest BCUT2D eigenvalue weighted by atomic mass is 9.83. The largest absolute Gasteiger partial charge is 0.345 e. The summed E-state index contributed by atoms with van der Waals surface area (Å²) in [5.74, 6) is 0.431. The summed E-state index contributed by atoms with van der Waals surface area (Å²) in [5.41, 5.74) is 2.76. The van der Waals surface area contributed by atoms with Gasteiger partial charge in [0.2, 0.25) is 10.0 Å². The second-order valence-corrected chi connectivity index (χ2v) is 9.83. The molecule has 1 aliphatic rings. The average molecular weight is 415 g/mol. The van der Waals surface area contributed by atoms with Gasteiger partial charge in [0.1, 0.15) is 0 Å². The zero-order chi connectivity index (χ0) is 20.9. The molecule has 0 spiro atoms. The van der Waals surface area contributed by atoms with Gasteiger partial charge in [0.25, 0.3) is 5.91 Å². The molecule has 2 aromatic rings. The molecule has 29 heavy (non-hydrogen) atoms. The highest BCUT2D eigenvalue weighted by atomic mass is 32.2.